The average Bonchev–Trinajstić information content (AvgIpc) is 2.67. The highest BCUT2D eigenvalue weighted by molar-refractivity contribution is 6.31. The number of aryl methyl sites for hydroxylation is 1. The summed E-state index contributed by atoms with van der Waals surface area (Å²) >= 11 is 5.97. The molecule has 0 spiro atoms. The predicted molar refractivity (Wildman–Crippen MR) is 60.6 cm³/mol. The van der Waals surface area contributed by atoms with Crippen LogP contribution in [0.3, 0.4) is 0 Å². The van der Waals surface area contributed by atoms with Crippen LogP contribution in [-0.4, -0.2) is 9.78 Å². The van der Waals surface area contributed by atoms with Crippen LogP contribution in [0.4, 0.5) is 4.39 Å². The van der Waals surface area contributed by atoms with Crippen molar-refractivity contribution in [3.8, 4) is 0 Å². The van der Waals surface area contributed by atoms with Crippen LogP contribution in [0.5, 0.6) is 0 Å². The second kappa shape index (κ2) is 4.23. The summed E-state index contributed by atoms with van der Waals surface area (Å²) in [5.41, 5.74) is 7.36. The van der Waals surface area contributed by atoms with Crippen molar-refractivity contribution in [2.45, 2.75) is 6.04 Å². The molecule has 16 heavy (non-hydrogen) atoms. The summed E-state index contributed by atoms with van der Waals surface area (Å²) in [5, 5.41) is 4.47. The van der Waals surface area contributed by atoms with E-state index in [2.05, 4.69) is 5.10 Å². The largest absolute Gasteiger partial charge is 0.320 e. The van der Waals surface area contributed by atoms with Gasteiger partial charge in [-0.1, -0.05) is 11.6 Å². The zero-order valence-electron chi connectivity index (χ0n) is 8.69. The first-order valence-corrected chi connectivity index (χ1v) is 5.15. The number of halogens is 2. The fourth-order valence-electron chi connectivity index (χ4n) is 1.53. The van der Waals surface area contributed by atoms with Crippen LogP contribution < -0.4 is 5.73 Å². The Morgan fingerprint density at radius 3 is 2.88 bits per heavy atom. The van der Waals surface area contributed by atoms with Gasteiger partial charge in [0.2, 0.25) is 0 Å². The standard InChI is InChI=1S/C11H11ClFN3/c1-16-6-7(5-15-16)11(14)9-4-8(13)2-3-10(9)12/h2-6,11H,14H2,1H3. The van der Waals surface area contributed by atoms with Gasteiger partial charge in [-0.15, -0.1) is 0 Å². The molecule has 1 unspecified atom stereocenters. The molecule has 0 fully saturated rings. The van der Waals surface area contributed by atoms with Gasteiger partial charge in [-0.3, -0.25) is 4.68 Å². The van der Waals surface area contributed by atoms with Crippen LogP contribution in [-0.2, 0) is 7.05 Å². The maximum absolute atomic E-state index is 13.1. The van der Waals surface area contributed by atoms with Crippen molar-refractivity contribution in [2.75, 3.05) is 0 Å². The number of benzene rings is 1. The lowest BCUT2D eigenvalue weighted by atomic mass is 10.0. The molecule has 0 amide bonds. The molecular weight excluding hydrogens is 229 g/mol. The van der Waals surface area contributed by atoms with Crippen LogP contribution in [0.2, 0.25) is 5.02 Å². The molecule has 2 N–H and O–H groups in total. The van der Waals surface area contributed by atoms with Crippen LogP contribution in [0.15, 0.2) is 30.6 Å². The molecule has 0 saturated heterocycles. The van der Waals surface area contributed by atoms with Gasteiger partial charge in [0.25, 0.3) is 0 Å². The quantitative estimate of drug-likeness (QED) is 0.874. The van der Waals surface area contributed by atoms with Crippen molar-refractivity contribution in [3.05, 3.63) is 52.6 Å². The normalized spacial score (nSPS) is 12.8. The van der Waals surface area contributed by atoms with E-state index in [4.69, 9.17) is 17.3 Å². The van der Waals surface area contributed by atoms with Gasteiger partial charge in [0.05, 0.1) is 12.2 Å². The molecule has 2 rings (SSSR count). The minimum Gasteiger partial charge on any atom is -0.320 e. The Hall–Kier alpha value is -1.39. The van der Waals surface area contributed by atoms with Gasteiger partial charge in [-0.25, -0.2) is 4.39 Å². The molecule has 0 bridgehead atoms. The van der Waals surface area contributed by atoms with E-state index in [-0.39, 0.29) is 5.82 Å². The Balaban J connectivity index is 2.40. The SMILES string of the molecule is Cn1cc(C(N)c2cc(F)ccc2Cl)cn1. The summed E-state index contributed by atoms with van der Waals surface area (Å²) in [6, 6.07) is 3.70. The van der Waals surface area contributed by atoms with E-state index in [9.17, 15) is 4.39 Å². The molecule has 0 aliphatic carbocycles. The van der Waals surface area contributed by atoms with Crippen LogP contribution in [0, 0.1) is 5.82 Å². The molecule has 1 aromatic heterocycles. The highest BCUT2D eigenvalue weighted by atomic mass is 35.5. The highest BCUT2D eigenvalue weighted by Gasteiger charge is 2.14. The average molecular weight is 240 g/mol. The van der Waals surface area contributed by atoms with E-state index in [0.717, 1.165) is 5.56 Å². The molecule has 1 heterocycles. The third kappa shape index (κ3) is 2.08. The second-order valence-electron chi connectivity index (χ2n) is 3.59. The third-order valence-electron chi connectivity index (χ3n) is 2.38. The zero-order chi connectivity index (χ0) is 11.7. The molecular formula is C11H11ClFN3. The molecule has 1 atom stereocenters. The summed E-state index contributed by atoms with van der Waals surface area (Å²) in [7, 11) is 1.80. The maximum atomic E-state index is 13.1. The second-order valence-corrected chi connectivity index (χ2v) is 4.00. The lowest BCUT2D eigenvalue weighted by Crippen LogP contribution is -2.12. The molecule has 0 aliphatic rings. The highest BCUT2D eigenvalue weighted by Crippen LogP contribution is 2.26. The van der Waals surface area contributed by atoms with E-state index in [0.29, 0.717) is 10.6 Å². The first kappa shape index (κ1) is 11.1. The van der Waals surface area contributed by atoms with Gasteiger partial charge in [-0.05, 0) is 23.8 Å². The van der Waals surface area contributed by atoms with Crippen LogP contribution >= 0.6 is 11.6 Å². The number of hydrogen-bond acceptors (Lipinski definition) is 2. The van der Waals surface area contributed by atoms with Crippen LogP contribution in [0.1, 0.15) is 17.2 Å². The number of rotatable bonds is 2. The first-order valence-electron chi connectivity index (χ1n) is 4.77. The molecule has 0 saturated carbocycles. The van der Waals surface area contributed by atoms with Crippen molar-refractivity contribution in [3.63, 3.8) is 0 Å². The Morgan fingerprint density at radius 1 is 1.50 bits per heavy atom. The van der Waals surface area contributed by atoms with Gasteiger partial charge in [-0.2, -0.15) is 5.10 Å². The Kier molecular flexibility index (Phi) is 2.94. The van der Waals surface area contributed by atoms with Gasteiger partial charge in [0, 0.05) is 23.8 Å². The van der Waals surface area contributed by atoms with Gasteiger partial charge >= 0.3 is 0 Å². The molecule has 0 radical (unpaired) electrons. The summed E-state index contributed by atoms with van der Waals surface area (Å²) in [6.07, 6.45) is 3.43. The number of nitrogens with two attached hydrogens (primary N) is 1. The number of nitrogens with zero attached hydrogens (tertiary/aromatic N) is 2. The van der Waals surface area contributed by atoms with E-state index in [1.165, 1.54) is 18.2 Å². The van der Waals surface area contributed by atoms with Crippen molar-refractivity contribution in [1.29, 1.82) is 0 Å². The molecule has 84 valence electrons. The predicted octanol–water partition coefficient (Wildman–Crippen LogP) is 2.26. The molecule has 0 aliphatic heterocycles. The molecule has 1 aromatic carbocycles. The van der Waals surface area contributed by atoms with Crippen LogP contribution in [0.25, 0.3) is 0 Å². The topological polar surface area (TPSA) is 43.8 Å². The lowest BCUT2D eigenvalue weighted by molar-refractivity contribution is 0.623. The monoisotopic (exact) mass is 239 g/mol. The molecule has 2 aromatic rings. The van der Waals surface area contributed by atoms with Crippen molar-refractivity contribution in [1.82, 2.24) is 9.78 Å². The molecule has 3 nitrogen and oxygen atoms in total. The van der Waals surface area contributed by atoms with Gasteiger partial charge in [0.15, 0.2) is 0 Å². The fourth-order valence-corrected chi connectivity index (χ4v) is 1.77. The van der Waals surface area contributed by atoms with E-state index in [1.807, 2.05) is 0 Å². The molecule has 5 heteroatoms. The number of aromatic nitrogens is 2. The van der Waals surface area contributed by atoms with E-state index < -0.39 is 6.04 Å². The summed E-state index contributed by atoms with van der Waals surface area (Å²) in [6.45, 7) is 0. The van der Waals surface area contributed by atoms with Gasteiger partial charge in [0.1, 0.15) is 5.82 Å². The maximum Gasteiger partial charge on any atom is 0.123 e. The number of hydrogen-bond donors (Lipinski definition) is 1. The minimum atomic E-state index is -0.461. The Labute approximate surface area is 97.6 Å². The van der Waals surface area contributed by atoms with E-state index >= 15 is 0 Å². The van der Waals surface area contributed by atoms with Gasteiger partial charge < -0.3 is 5.73 Å². The Bertz CT molecular complexity index is 510. The van der Waals surface area contributed by atoms with Crippen molar-refractivity contribution in [2.24, 2.45) is 12.8 Å². The third-order valence-corrected chi connectivity index (χ3v) is 2.72. The van der Waals surface area contributed by atoms with E-state index in [1.54, 1.807) is 24.1 Å². The summed E-state index contributed by atoms with van der Waals surface area (Å²) in [5.74, 6) is -0.348. The summed E-state index contributed by atoms with van der Waals surface area (Å²) in [4.78, 5) is 0. The van der Waals surface area contributed by atoms with Crippen molar-refractivity contribution >= 4 is 11.6 Å². The minimum absolute atomic E-state index is 0.348. The Morgan fingerprint density at radius 2 is 2.25 bits per heavy atom. The summed E-state index contributed by atoms with van der Waals surface area (Å²) < 4.78 is 14.7. The first-order chi connectivity index (χ1) is 7.58. The fraction of sp³-hybridized carbons (Fsp3) is 0.182. The lowest BCUT2D eigenvalue weighted by Gasteiger charge is -2.11. The zero-order valence-corrected chi connectivity index (χ0v) is 9.45. The smallest absolute Gasteiger partial charge is 0.123 e. The van der Waals surface area contributed by atoms with Crippen molar-refractivity contribution < 1.29 is 4.39 Å².